The van der Waals surface area contributed by atoms with Crippen LogP contribution in [0.25, 0.3) is 0 Å². The fourth-order valence-electron chi connectivity index (χ4n) is 2.92. The molecule has 0 bridgehead atoms. The van der Waals surface area contributed by atoms with E-state index in [9.17, 15) is 9.50 Å². The molecule has 1 aliphatic rings. The Morgan fingerprint density at radius 3 is 2.80 bits per heavy atom. The van der Waals surface area contributed by atoms with Crippen LogP contribution >= 0.6 is 11.6 Å². The SMILES string of the molecule is COc1ccc(Cl)cc1C1(O)CCc2c(F)cccc21. The number of ether oxygens (including phenoxy) is 1. The molecule has 0 saturated carbocycles. The lowest BCUT2D eigenvalue weighted by atomic mass is 9.87. The van der Waals surface area contributed by atoms with E-state index in [1.165, 1.54) is 13.2 Å². The summed E-state index contributed by atoms with van der Waals surface area (Å²) in [6, 6.07) is 9.88. The van der Waals surface area contributed by atoms with Crippen molar-refractivity contribution in [2.75, 3.05) is 7.11 Å². The smallest absolute Gasteiger partial charge is 0.126 e. The average molecular weight is 293 g/mol. The summed E-state index contributed by atoms with van der Waals surface area (Å²) in [7, 11) is 1.54. The highest BCUT2D eigenvalue weighted by molar-refractivity contribution is 6.30. The molecule has 1 N–H and O–H groups in total. The number of fused-ring (bicyclic) bond motifs is 1. The second kappa shape index (κ2) is 4.76. The third-order valence-electron chi connectivity index (χ3n) is 3.91. The average Bonchev–Trinajstić information content (AvgIpc) is 2.79. The summed E-state index contributed by atoms with van der Waals surface area (Å²) >= 11 is 6.03. The number of aliphatic hydroxyl groups is 1. The van der Waals surface area contributed by atoms with Gasteiger partial charge in [-0.3, -0.25) is 0 Å². The first-order valence-electron chi connectivity index (χ1n) is 6.40. The van der Waals surface area contributed by atoms with Crippen molar-refractivity contribution in [2.45, 2.75) is 18.4 Å². The number of methoxy groups -OCH3 is 1. The first kappa shape index (κ1) is 13.4. The van der Waals surface area contributed by atoms with Gasteiger partial charge in [0.1, 0.15) is 17.2 Å². The summed E-state index contributed by atoms with van der Waals surface area (Å²) in [4.78, 5) is 0. The highest BCUT2D eigenvalue weighted by Gasteiger charge is 2.41. The number of hydrogen-bond donors (Lipinski definition) is 1. The van der Waals surface area contributed by atoms with E-state index in [2.05, 4.69) is 0 Å². The van der Waals surface area contributed by atoms with Crippen LogP contribution < -0.4 is 4.74 Å². The minimum Gasteiger partial charge on any atom is -0.496 e. The molecule has 0 radical (unpaired) electrons. The van der Waals surface area contributed by atoms with Crippen molar-refractivity contribution in [2.24, 2.45) is 0 Å². The van der Waals surface area contributed by atoms with E-state index in [-0.39, 0.29) is 5.82 Å². The predicted molar refractivity (Wildman–Crippen MR) is 75.7 cm³/mol. The molecule has 1 aliphatic carbocycles. The molecule has 4 heteroatoms. The van der Waals surface area contributed by atoms with Gasteiger partial charge >= 0.3 is 0 Å². The summed E-state index contributed by atoms with van der Waals surface area (Å²) in [5, 5.41) is 11.6. The van der Waals surface area contributed by atoms with Crippen LogP contribution in [0.1, 0.15) is 23.1 Å². The molecular weight excluding hydrogens is 279 g/mol. The summed E-state index contributed by atoms with van der Waals surface area (Å²) in [5.41, 5.74) is 0.486. The number of rotatable bonds is 2. The lowest BCUT2D eigenvalue weighted by Gasteiger charge is -2.26. The molecule has 2 aromatic rings. The maximum Gasteiger partial charge on any atom is 0.126 e. The van der Waals surface area contributed by atoms with E-state index < -0.39 is 5.60 Å². The van der Waals surface area contributed by atoms with Gasteiger partial charge in [0.05, 0.1) is 7.11 Å². The van der Waals surface area contributed by atoms with Crippen molar-refractivity contribution in [1.82, 2.24) is 0 Å². The Morgan fingerprint density at radius 1 is 1.25 bits per heavy atom. The summed E-state index contributed by atoms with van der Waals surface area (Å²) in [6.07, 6.45) is 0.911. The summed E-state index contributed by atoms with van der Waals surface area (Å²) in [5.74, 6) is 0.272. The Balaban J connectivity index is 2.22. The second-order valence-corrected chi connectivity index (χ2v) is 5.41. The Kier molecular flexibility index (Phi) is 3.19. The van der Waals surface area contributed by atoms with E-state index in [4.69, 9.17) is 16.3 Å². The molecule has 2 aromatic carbocycles. The van der Waals surface area contributed by atoms with Crippen molar-refractivity contribution >= 4 is 11.6 Å². The normalized spacial score (nSPS) is 20.8. The molecule has 0 saturated heterocycles. The van der Waals surface area contributed by atoms with E-state index in [0.29, 0.717) is 40.3 Å². The Labute approximate surface area is 121 Å². The van der Waals surface area contributed by atoms with Crippen LogP contribution in [0.2, 0.25) is 5.02 Å². The van der Waals surface area contributed by atoms with Crippen molar-refractivity contribution in [3.8, 4) is 5.75 Å². The van der Waals surface area contributed by atoms with Gasteiger partial charge in [0.15, 0.2) is 0 Å². The molecular formula is C16H14ClFO2. The fraction of sp³-hybridized carbons (Fsp3) is 0.250. The third kappa shape index (κ3) is 1.89. The maximum atomic E-state index is 13.8. The Morgan fingerprint density at radius 2 is 2.05 bits per heavy atom. The van der Waals surface area contributed by atoms with Gasteiger partial charge in [0.2, 0.25) is 0 Å². The Bertz CT molecular complexity index is 672. The van der Waals surface area contributed by atoms with Crippen molar-refractivity contribution in [1.29, 1.82) is 0 Å². The van der Waals surface area contributed by atoms with E-state index in [1.807, 2.05) is 0 Å². The van der Waals surface area contributed by atoms with Crippen LogP contribution in [0.5, 0.6) is 5.75 Å². The first-order chi connectivity index (χ1) is 9.56. The van der Waals surface area contributed by atoms with Crippen LogP contribution in [0, 0.1) is 5.82 Å². The van der Waals surface area contributed by atoms with Crippen LogP contribution in [0.3, 0.4) is 0 Å². The number of benzene rings is 2. The van der Waals surface area contributed by atoms with Crippen LogP contribution in [-0.4, -0.2) is 12.2 Å². The standard InChI is InChI=1S/C16H14ClFO2/c1-20-15-6-5-10(17)9-13(15)16(19)8-7-11-12(16)3-2-4-14(11)18/h2-6,9,19H,7-8H2,1H3. The van der Waals surface area contributed by atoms with Crippen molar-refractivity contribution in [3.63, 3.8) is 0 Å². The van der Waals surface area contributed by atoms with Gasteiger partial charge < -0.3 is 9.84 Å². The molecule has 104 valence electrons. The van der Waals surface area contributed by atoms with Crippen LogP contribution in [0.4, 0.5) is 4.39 Å². The molecule has 2 nitrogen and oxygen atoms in total. The van der Waals surface area contributed by atoms with E-state index in [1.54, 1.807) is 30.3 Å². The van der Waals surface area contributed by atoms with E-state index >= 15 is 0 Å². The van der Waals surface area contributed by atoms with Crippen molar-refractivity contribution < 1.29 is 14.2 Å². The summed E-state index contributed by atoms with van der Waals surface area (Å²) < 4.78 is 19.2. The van der Waals surface area contributed by atoms with Crippen LogP contribution in [-0.2, 0) is 12.0 Å². The lowest BCUT2D eigenvalue weighted by Crippen LogP contribution is -2.24. The minimum atomic E-state index is -1.26. The molecule has 1 unspecified atom stereocenters. The topological polar surface area (TPSA) is 29.5 Å². The van der Waals surface area contributed by atoms with Gasteiger partial charge in [-0.25, -0.2) is 4.39 Å². The predicted octanol–water partition coefficient (Wildman–Crippen LogP) is 3.67. The zero-order valence-corrected chi connectivity index (χ0v) is 11.7. The van der Waals surface area contributed by atoms with Crippen LogP contribution in [0.15, 0.2) is 36.4 Å². The van der Waals surface area contributed by atoms with Gasteiger partial charge in [-0.2, -0.15) is 0 Å². The highest BCUT2D eigenvalue weighted by Crippen LogP contribution is 2.46. The molecule has 0 spiro atoms. The molecule has 1 atom stereocenters. The van der Waals surface area contributed by atoms with Crippen molar-refractivity contribution in [3.05, 3.63) is 63.9 Å². The lowest BCUT2D eigenvalue weighted by molar-refractivity contribution is 0.0799. The van der Waals surface area contributed by atoms with E-state index in [0.717, 1.165) is 0 Å². The molecule has 3 rings (SSSR count). The minimum absolute atomic E-state index is 0.278. The zero-order valence-electron chi connectivity index (χ0n) is 11.0. The van der Waals surface area contributed by atoms with Gasteiger partial charge in [0.25, 0.3) is 0 Å². The third-order valence-corrected chi connectivity index (χ3v) is 4.14. The zero-order chi connectivity index (χ0) is 14.3. The number of hydrogen-bond acceptors (Lipinski definition) is 2. The molecule has 0 aliphatic heterocycles. The van der Waals surface area contributed by atoms with Gasteiger partial charge in [-0.1, -0.05) is 23.7 Å². The highest BCUT2D eigenvalue weighted by atomic mass is 35.5. The Hall–Kier alpha value is -1.58. The number of halogens is 2. The second-order valence-electron chi connectivity index (χ2n) is 4.97. The molecule has 0 heterocycles. The maximum absolute atomic E-state index is 13.8. The van der Waals surface area contributed by atoms with Gasteiger partial charge in [-0.05, 0) is 48.2 Å². The monoisotopic (exact) mass is 292 g/mol. The quantitative estimate of drug-likeness (QED) is 0.915. The molecule has 20 heavy (non-hydrogen) atoms. The fourth-order valence-corrected chi connectivity index (χ4v) is 3.10. The molecule has 0 aromatic heterocycles. The molecule has 0 amide bonds. The first-order valence-corrected chi connectivity index (χ1v) is 6.78. The van der Waals surface area contributed by atoms with Gasteiger partial charge in [-0.15, -0.1) is 0 Å². The summed E-state index contributed by atoms with van der Waals surface area (Å²) in [6.45, 7) is 0. The molecule has 0 fully saturated rings. The largest absolute Gasteiger partial charge is 0.496 e. The van der Waals surface area contributed by atoms with Gasteiger partial charge in [0, 0.05) is 10.6 Å².